The first-order valence-corrected chi connectivity index (χ1v) is 12.9. The SMILES string of the molecule is CCC1(CC)c2cc(-c3ccccn3)ccc2-c2ccc(-n3c4ccccc4c4ccccc43)cc21. The van der Waals surface area contributed by atoms with Crippen LogP contribution in [0.3, 0.4) is 0 Å². The summed E-state index contributed by atoms with van der Waals surface area (Å²) in [5.74, 6) is 0. The molecule has 0 spiro atoms. The Balaban J connectivity index is 1.47. The molecular weight excluding hydrogens is 436 g/mol. The van der Waals surface area contributed by atoms with Crippen LogP contribution in [-0.4, -0.2) is 9.55 Å². The van der Waals surface area contributed by atoms with Crippen molar-refractivity contribution < 1.29 is 0 Å². The molecular formula is C34H28N2. The topological polar surface area (TPSA) is 17.8 Å². The van der Waals surface area contributed by atoms with Gasteiger partial charge < -0.3 is 4.57 Å². The van der Waals surface area contributed by atoms with Crippen LogP contribution < -0.4 is 0 Å². The highest BCUT2D eigenvalue weighted by Crippen LogP contribution is 2.54. The van der Waals surface area contributed by atoms with Gasteiger partial charge in [-0.15, -0.1) is 0 Å². The Kier molecular flexibility index (Phi) is 4.65. The van der Waals surface area contributed by atoms with Gasteiger partial charge in [0.2, 0.25) is 0 Å². The third-order valence-electron chi connectivity index (χ3n) is 8.35. The summed E-state index contributed by atoms with van der Waals surface area (Å²) in [6.45, 7) is 4.67. The van der Waals surface area contributed by atoms with E-state index in [2.05, 4.69) is 120 Å². The highest BCUT2D eigenvalue weighted by Gasteiger charge is 2.41. The van der Waals surface area contributed by atoms with Crippen molar-refractivity contribution in [3.8, 4) is 28.1 Å². The zero-order valence-electron chi connectivity index (χ0n) is 20.7. The lowest BCUT2D eigenvalue weighted by Crippen LogP contribution is -2.23. The molecule has 0 N–H and O–H groups in total. The van der Waals surface area contributed by atoms with Gasteiger partial charge in [-0.25, -0.2) is 0 Å². The van der Waals surface area contributed by atoms with Crippen molar-refractivity contribution >= 4 is 21.8 Å². The lowest BCUT2D eigenvalue weighted by atomic mass is 9.73. The number of hydrogen-bond donors (Lipinski definition) is 0. The molecule has 174 valence electrons. The summed E-state index contributed by atoms with van der Waals surface area (Å²) in [6.07, 6.45) is 4.00. The summed E-state index contributed by atoms with van der Waals surface area (Å²) >= 11 is 0. The average molecular weight is 465 g/mol. The first-order valence-electron chi connectivity index (χ1n) is 12.9. The van der Waals surface area contributed by atoms with Crippen LogP contribution in [0, 0.1) is 0 Å². The lowest BCUT2D eigenvalue weighted by molar-refractivity contribution is 0.490. The minimum atomic E-state index is -0.00970. The molecule has 2 heteroatoms. The Morgan fingerprint density at radius 1 is 0.639 bits per heavy atom. The van der Waals surface area contributed by atoms with Gasteiger partial charge in [0.25, 0.3) is 0 Å². The molecule has 0 unspecified atom stereocenters. The van der Waals surface area contributed by atoms with Crippen molar-refractivity contribution in [1.82, 2.24) is 9.55 Å². The fraction of sp³-hybridized carbons (Fsp3) is 0.147. The van der Waals surface area contributed by atoms with Crippen LogP contribution in [0.2, 0.25) is 0 Å². The maximum absolute atomic E-state index is 4.63. The second kappa shape index (κ2) is 7.93. The molecule has 4 aromatic carbocycles. The molecule has 0 bridgehead atoms. The van der Waals surface area contributed by atoms with E-state index in [-0.39, 0.29) is 5.41 Å². The number of para-hydroxylation sites is 2. The van der Waals surface area contributed by atoms with Crippen molar-refractivity contribution in [1.29, 1.82) is 0 Å². The smallest absolute Gasteiger partial charge is 0.0702 e. The van der Waals surface area contributed by atoms with Crippen LogP contribution in [0.4, 0.5) is 0 Å². The van der Waals surface area contributed by atoms with Crippen LogP contribution in [0.5, 0.6) is 0 Å². The van der Waals surface area contributed by atoms with Crippen molar-refractivity contribution in [2.24, 2.45) is 0 Å². The number of nitrogens with zero attached hydrogens (tertiary/aromatic N) is 2. The van der Waals surface area contributed by atoms with Gasteiger partial charge in [0.1, 0.15) is 0 Å². The van der Waals surface area contributed by atoms with Crippen LogP contribution in [0.25, 0.3) is 49.9 Å². The molecule has 0 radical (unpaired) electrons. The molecule has 2 nitrogen and oxygen atoms in total. The quantitative estimate of drug-likeness (QED) is 0.255. The third-order valence-corrected chi connectivity index (χ3v) is 8.35. The van der Waals surface area contributed by atoms with E-state index in [0.717, 1.165) is 18.5 Å². The molecule has 0 atom stereocenters. The van der Waals surface area contributed by atoms with Gasteiger partial charge in [-0.1, -0.05) is 74.5 Å². The molecule has 0 amide bonds. The van der Waals surface area contributed by atoms with E-state index in [9.17, 15) is 0 Å². The predicted molar refractivity (Wildman–Crippen MR) is 151 cm³/mol. The molecule has 2 aromatic heterocycles. The second-order valence-corrected chi connectivity index (χ2v) is 9.86. The molecule has 0 fully saturated rings. The van der Waals surface area contributed by atoms with Crippen molar-refractivity contribution in [2.75, 3.05) is 0 Å². The first-order chi connectivity index (χ1) is 17.7. The van der Waals surface area contributed by atoms with Gasteiger partial charge in [-0.2, -0.15) is 0 Å². The van der Waals surface area contributed by atoms with Crippen LogP contribution in [0.1, 0.15) is 37.8 Å². The van der Waals surface area contributed by atoms with E-state index in [1.54, 1.807) is 0 Å². The fourth-order valence-electron chi connectivity index (χ4n) is 6.53. The summed E-state index contributed by atoms with van der Waals surface area (Å²) in [7, 11) is 0. The predicted octanol–water partition coefficient (Wildman–Crippen LogP) is 8.93. The number of aromatic nitrogens is 2. The highest BCUT2D eigenvalue weighted by atomic mass is 15.0. The molecule has 0 aliphatic heterocycles. The van der Waals surface area contributed by atoms with Gasteiger partial charge in [-0.05, 0) is 77.6 Å². The van der Waals surface area contributed by atoms with Crippen molar-refractivity contribution in [3.63, 3.8) is 0 Å². The first kappa shape index (κ1) is 21.1. The Hall–Kier alpha value is -4.17. The number of benzene rings is 4. The Labute approximate surface area is 211 Å². The van der Waals surface area contributed by atoms with E-state index in [0.29, 0.717) is 0 Å². The monoisotopic (exact) mass is 464 g/mol. The molecule has 36 heavy (non-hydrogen) atoms. The van der Waals surface area contributed by atoms with Gasteiger partial charge >= 0.3 is 0 Å². The van der Waals surface area contributed by atoms with E-state index in [1.165, 1.54) is 55.3 Å². The van der Waals surface area contributed by atoms with Gasteiger partial charge in [0, 0.05) is 33.6 Å². The Bertz CT molecular complexity index is 1700. The van der Waals surface area contributed by atoms with Crippen LogP contribution >= 0.6 is 0 Å². The number of rotatable bonds is 4. The Morgan fingerprint density at radius 2 is 1.25 bits per heavy atom. The zero-order valence-corrected chi connectivity index (χ0v) is 20.7. The van der Waals surface area contributed by atoms with Crippen molar-refractivity contribution in [2.45, 2.75) is 32.1 Å². The summed E-state index contributed by atoms with van der Waals surface area (Å²) < 4.78 is 2.43. The molecule has 0 saturated heterocycles. The molecule has 2 heterocycles. The largest absolute Gasteiger partial charge is 0.309 e. The van der Waals surface area contributed by atoms with E-state index >= 15 is 0 Å². The summed E-state index contributed by atoms with van der Waals surface area (Å²) in [5, 5.41) is 2.60. The third kappa shape index (κ3) is 2.82. The summed E-state index contributed by atoms with van der Waals surface area (Å²) in [6, 6.07) is 37.7. The zero-order chi connectivity index (χ0) is 24.3. The number of pyridine rings is 1. The van der Waals surface area contributed by atoms with Gasteiger partial charge in [0.15, 0.2) is 0 Å². The molecule has 0 saturated carbocycles. The average Bonchev–Trinajstić information content (AvgIpc) is 3.43. The van der Waals surface area contributed by atoms with Crippen molar-refractivity contribution in [3.05, 3.63) is 120 Å². The van der Waals surface area contributed by atoms with Crippen LogP contribution in [0.15, 0.2) is 109 Å². The molecule has 1 aliphatic rings. The van der Waals surface area contributed by atoms with Gasteiger partial charge in [-0.3, -0.25) is 4.98 Å². The molecule has 7 rings (SSSR count). The maximum atomic E-state index is 4.63. The number of fused-ring (bicyclic) bond motifs is 6. The van der Waals surface area contributed by atoms with E-state index in [4.69, 9.17) is 0 Å². The standard InChI is InChI=1S/C34H28N2/c1-3-34(4-2)29-21-23(31-13-9-10-20-35-31)16-18-25(29)26-19-17-24(22-30(26)34)36-32-14-7-5-11-27(32)28-12-6-8-15-33(28)36/h5-22H,3-4H2,1-2H3. The molecule has 6 aromatic rings. The minimum absolute atomic E-state index is 0.00970. The highest BCUT2D eigenvalue weighted by molar-refractivity contribution is 6.09. The Morgan fingerprint density at radius 3 is 1.89 bits per heavy atom. The fourth-order valence-corrected chi connectivity index (χ4v) is 6.53. The summed E-state index contributed by atoms with van der Waals surface area (Å²) in [5.41, 5.74) is 11.6. The molecule has 1 aliphatic carbocycles. The van der Waals surface area contributed by atoms with Crippen LogP contribution in [-0.2, 0) is 5.41 Å². The normalized spacial score (nSPS) is 13.7. The lowest BCUT2D eigenvalue weighted by Gasteiger charge is -2.30. The second-order valence-electron chi connectivity index (χ2n) is 9.86. The van der Waals surface area contributed by atoms with Gasteiger partial charge in [0.05, 0.1) is 16.7 Å². The maximum Gasteiger partial charge on any atom is 0.0702 e. The summed E-state index contributed by atoms with van der Waals surface area (Å²) in [4.78, 5) is 4.63. The number of hydrogen-bond acceptors (Lipinski definition) is 1. The van der Waals surface area contributed by atoms with E-state index < -0.39 is 0 Å². The van der Waals surface area contributed by atoms with E-state index in [1.807, 2.05) is 12.3 Å². The minimum Gasteiger partial charge on any atom is -0.309 e.